The summed E-state index contributed by atoms with van der Waals surface area (Å²) in [7, 11) is 0. The summed E-state index contributed by atoms with van der Waals surface area (Å²) < 4.78 is 0. The Morgan fingerprint density at radius 3 is 2.54 bits per heavy atom. The van der Waals surface area contributed by atoms with E-state index in [4.69, 9.17) is 0 Å². The van der Waals surface area contributed by atoms with E-state index in [2.05, 4.69) is 27.0 Å². The van der Waals surface area contributed by atoms with Gasteiger partial charge in [0, 0.05) is 36.9 Å². The maximum atomic E-state index is 12.5. The van der Waals surface area contributed by atoms with E-state index in [0.717, 1.165) is 49.5 Å². The molecule has 0 radical (unpaired) electrons. The van der Waals surface area contributed by atoms with Crippen molar-refractivity contribution in [2.75, 3.05) is 26.2 Å². The van der Waals surface area contributed by atoms with Crippen molar-refractivity contribution in [2.45, 2.75) is 70.5 Å². The molecule has 3 fully saturated rings. The molecule has 3 heterocycles. The Balaban J connectivity index is 1.15. The number of rotatable bonds is 7. The van der Waals surface area contributed by atoms with Crippen molar-refractivity contribution in [3.63, 3.8) is 0 Å². The number of piperidine rings is 2. The van der Waals surface area contributed by atoms with Crippen molar-refractivity contribution in [1.29, 1.82) is 0 Å². The van der Waals surface area contributed by atoms with Gasteiger partial charge in [0.2, 0.25) is 5.91 Å². The molecule has 5 nitrogen and oxygen atoms in total. The third-order valence-electron chi connectivity index (χ3n) is 7.10. The van der Waals surface area contributed by atoms with Crippen molar-refractivity contribution in [3.05, 3.63) is 30.1 Å². The molecule has 0 spiro atoms. The number of carbonyl (C=O) groups excluding carboxylic acids is 1. The predicted molar refractivity (Wildman–Crippen MR) is 112 cm³/mol. The van der Waals surface area contributed by atoms with Gasteiger partial charge < -0.3 is 15.1 Å². The van der Waals surface area contributed by atoms with Crippen molar-refractivity contribution >= 4 is 5.91 Å². The lowest BCUT2D eigenvalue weighted by Gasteiger charge is -2.43. The summed E-state index contributed by atoms with van der Waals surface area (Å²) in [5.41, 5.74) is 1.07. The van der Waals surface area contributed by atoms with Crippen LogP contribution >= 0.6 is 0 Å². The molecule has 2 saturated heterocycles. The molecule has 1 N–H and O–H groups in total. The van der Waals surface area contributed by atoms with Gasteiger partial charge >= 0.3 is 0 Å². The average molecular weight is 385 g/mol. The quantitative estimate of drug-likeness (QED) is 0.785. The van der Waals surface area contributed by atoms with Crippen molar-refractivity contribution < 1.29 is 4.79 Å². The zero-order chi connectivity index (χ0) is 19.3. The smallest absolute Gasteiger partial charge is 0.223 e. The molecule has 4 rings (SSSR count). The van der Waals surface area contributed by atoms with Gasteiger partial charge in [-0.05, 0) is 82.8 Å². The fourth-order valence-electron chi connectivity index (χ4n) is 5.04. The van der Waals surface area contributed by atoms with E-state index in [-0.39, 0.29) is 11.8 Å². The first kappa shape index (κ1) is 19.8. The summed E-state index contributed by atoms with van der Waals surface area (Å²) in [4.78, 5) is 22.0. The molecule has 0 aromatic carbocycles. The molecule has 1 saturated carbocycles. The standard InChI is InChI=1S/C23H36N4O/c1-18(15-19-4-5-19)26-13-8-22(9-14-26)27-11-6-21(7-12-27)23(28)25-17-20-3-2-10-24-16-20/h2-3,10,16,18-19,21-22H,4-9,11-15,17H2,1H3,(H,25,28)/t18-/m0/s1. The molecule has 5 heteroatoms. The molecular formula is C23H36N4O. The summed E-state index contributed by atoms with van der Waals surface area (Å²) in [5, 5.41) is 3.10. The van der Waals surface area contributed by atoms with Gasteiger partial charge in [-0.1, -0.05) is 18.9 Å². The third-order valence-corrected chi connectivity index (χ3v) is 7.10. The van der Waals surface area contributed by atoms with Crippen LogP contribution in [0.5, 0.6) is 0 Å². The van der Waals surface area contributed by atoms with Gasteiger partial charge in [-0.15, -0.1) is 0 Å². The van der Waals surface area contributed by atoms with Crippen LogP contribution in [0.1, 0.15) is 57.4 Å². The second-order valence-electron chi connectivity index (χ2n) is 9.18. The Morgan fingerprint density at radius 1 is 1.14 bits per heavy atom. The van der Waals surface area contributed by atoms with Crippen LogP contribution in [-0.2, 0) is 11.3 Å². The van der Waals surface area contributed by atoms with Crippen LogP contribution < -0.4 is 5.32 Å². The summed E-state index contributed by atoms with van der Waals surface area (Å²) in [6.45, 7) is 7.67. The molecule has 2 aliphatic heterocycles. The van der Waals surface area contributed by atoms with Gasteiger partial charge in [0.25, 0.3) is 0 Å². The fourth-order valence-corrected chi connectivity index (χ4v) is 5.04. The second kappa shape index (κ2) is 9.36. The van der Waals surface area contributed by atoms with Crippen molar-refractivity contribution in [2.24, 2.45) is 11.8 Å². The van der Waals surface area contributed by atoms with Gasteiger partial charge in [0.15, 0.2) is 0 Å². The number of pyridine rings is 1. The minimum absolute atomic E-state index is 0.173. The maximum Gasteiger partial charge on any atom is 0.223 e. The number of amides is 1. The number of carbonyl (C=O) groups is 1. The number of likely N-dealkylation sites (tertiary alicyclic amines) is 2. The molecule has 1 amide bonds. The minimum atomic E-state index is 0.173. The van der Waals surface area contributed by atoms with Crippen LogP contribution in [0, 0.1) is 11.8 Å². The molecule has 3 aliphatic rings. The van der Waals surface area contributed by atoms with Crippen LogP contribution in [0.2, 0.25) is 0 Å². The van der Waals surface area contributed by atoms with Crippen LogP contribution in [-0.4, -0.2) is 59.0 Å². The lowest BCUT2D eigenvalue weighted by molar-refractivity contribution is -0.126. The largest absolute Gasteiger partial charge is 0.352 e. The Hall–Kier alpha value is -1.46. The molecule has 0 unspecified atom stereocenters. The van der Waals surface area contributed by atoms with E-state index in [1.165, 1.54) is 45.2 Å². The fraction of sp³-hybridized carbons (Fsp3) is 0.739. The first-order chi connectivity index (χ1) is 13.7. The van der Waals surface area contributed by atoms with Gasteiger partial charge in [-0.25, -0.2) is 0 Å². The molecular weight excluding hydrogens is 348 g/mol. The van der Waals surface area contributed by atoms with Crippen LogP contribution in [0.4, 0.5) is 0 Å². The van der Waals surface area contributed by atoms with Crippen molar-refractivity contribution in [1.82, 2.24) is 20.1 Å². The number of aromatic nitrogens is 1. The van der Waals surface area contributed by atoms with Crippen LogP contribution in [0.3, 0.4) is 0 Å². The molecule has 154 valence electrons. The number of hydrogen-bond acceptors (Lipinski definition) is 4. The predicted octanol–water partition coefficient (Wildman–Crippen LogP) is 3.06. The zero-order valence-corrected chi connectivity index (χ0v) is 17.4. The van der Waals surface area contributed by atoms with E-state index in [9.17, 15) is 4.79 Å². The topological polar surface area (TPSA) is 48.5 Å². The number of nitrogens with zero attached hydrogens (tertiary/aromatic N) is 3. The lowest BCUT2D eigenvalue weighted by atomic mass is 9.92. The third kappa shape index (κ3) is 5.32. The van der Waals surface area contributed by atoms with E-state index < -0.39 is 0 Å². The Morgan fingerprint density at radius 2 is 1.89 bits per heavy atom. The van der Waals surface area contributed by atoms with Gasteiger partial charge in [-0.3, -0.25) is 9.78 Å². The number of hydrogen-bond donors (Lipinski definition) is 1. The van der Waals surface area contributed by atoms with Gasteiger partial charge in [-0.2, -0.15) is 0 Å². The summed E-state index contributed by atoms with van der Waals surface area (Å²) in [5.74, 6) is 1.41. The van der Waals surface area contributed by atoms with Gasteiger partial charge in [0.05, 0.1) is 0 Å². The molecule has 1 aromatic heterocycles. The Labute approximate surface area is 169 Å². The summed E-state index contributed by atoms with van der Waals surface area (Å²) in [6, 6.07) is 5.41. The SMILES string of the molecule is C[C@@H](CC1CC1)N1CCC(N2CCC(C(=O)NCc3cccnc3)CC2)CC1. The Bertz CT molecular complexity index is 617. The molecule has 1 aliphatic carbocycles. The molecule has 1 aromatic rings. The molecule has 28 heavy (non-hydrogen) atoms. The highest BCUT2D eigenvalue weighted by atomic mass is 16.1. The first-order valence-corrected chi connectivity index (χ1v) is 11.3. The van der Waals surface area contributed by atoms with E-state index >= 15 is 0 Å². The first-order valence-electron chi connectivity index (χ1n) is 11.3. The minimum Gasteiger partial charge on any atom is -0.352 e. The van der Waals surface area contributed by atoms with E-state index in [0.29, 0.717) is 6.54 Å². The summed E-state index contributed by atoms with van der Waals surface area (Å²) in [6.07, 6.45) is 12.5. The highest BCUT2D eigenvalue weighted by Crippen LogP contribution is 2.35. The Kier molecular flexibility index (Phi) is 6.63. The average Bonchev–Trinajstić information content (AvgIpc) is 3.57. The van der Waals surface area contributed by atoms with E-state index in [1.54, 1.807) is 6.20 Å². The molecule has 1 atom stereocenters. The summed E-state index contributed by atoms with van der Waals surface area (Å²) >= 11 is 0. The number of nitrogens with one attached hydrogen (secondary N) is 1. The van der Waals surface area contributed by atoms with E-state index in [1.807, 2.05) is 18.3 Å². The van der Waals surface area contributed by atoms with Crippen molar-refractivity contribution in [3.8, 4) is 0 Å². The lowest BCUT2D eigenvalue weighted by Crippen LogP contribution is -2.50. The van der Waals surface area contributed by atoms with Gasteiger partial charge in [0.1, 0.15) is 0 Å². The molecule has 0 bridgehead atoms. The second-order valence-corrected chi connectivity index (χ2v) is 9.18. The van der Waals surface area contributed by atoms with Crippen LogP contribution in [0.15, 0.2) is 24.5 Å². The maximum absolute atomic E-state index is 12.5. The highest BCUT2D eigenvalue weighted by Gasteiger charge is 2.32. The zero-order valence-electron chi connectivity index (χ0n) is 17.4. The monoisotopic (exact) mass is 384 g/mol. The normalized spacial score (nSPS) is 24.2. The highest BCUT2D eigenvalue weighted by molar-refractivity contribution is 5.78. The van der Waals surface area contributed by atoms with Crippen LogP contribution in [0.25, 0.3) is 0 Å².